The number of hydrogen-bond acceptors (Lipinski definition) is 5. The van der Waals surface area contributed by atoms with Crippen LogP contribution in [-0.4, -0.2) is 40.3 Å². The zero-order valence-electron chi connectivity index (χ0n) is 10.2. The smallest absolute Gasteiger partial charge is 0.287 e. The van der Waals surface area contributed by atoms with E-state index in [1.807, 2.05) is 5.32 Å². The molecule has 0 unspecified atom stereocenters. The Kier molecular flexibility index (Phi) is 4.04. The summed E-state index contributed by atoms with van der Waals surface area (Å²) < 4.78 is 30.6. The first-order valence-corrected chi connectivity index (χ1v) is 5.65. The summed E-state index contributed by atoms with van der Waals surface area (Å²) in [6, 6.07) is 6.02. The Bertz CT molecular complexity index is 570. The van der Waals surface area contributed by atoms with Crippen molar-refractivity contribution in [3.8, 4) is 11.5 Å². The van der Waals surface area contributed by atoms with Gasteiger partial charge in [0, 0.05) is 11.1 Å². The van der Waals surface area contributed by atoms with E-state index in [2.05, 4.69) is 10.2 Å². The molecule has 0 aliphatic heterocycles. The van der Waals surface area contributed by atoms with Gasteiger partial charge in [0.25, 0.3) is 11.8 Å². The lowest BCUT2D eigenvalue weighted by Gasteiger charge is -2.13. The minimum absolute atomic E-state index is 0.210. The number of benzene rings is 1. The fourth-order valence-corrected chi connectivity index (χ4v) is 1.43. The molecule has 1 aromatic carbocycles. The molecule has 0 saturated heterocycles. The van der Waals surface area contributed by atoms with E-state index in [4.69, 9.17) is 9.52 Å². The van der Waals surface area contributed by atoms with Gasteiger partial charge in [-0.15, -0.1) is 10.2 Å². The normalized spacial score (nSPS) is 11.3. The molecule has 1 aromatic heterocycles. The average molecular weight is 283 g/mol. The van der Waals surface area contributed by atoms with Crippen molar-refractivity contribution in [1.29, 1.82) is 0 Å². The van der Waals surface area contributed by atoms with Crippen molar-refractivity contribution in [2.24, 2.45) is 0 Å². The van der Waals surface area contributed by atoms with Gasteiger partial charge in [-0.05, 0) is 24.3 Å². The largest absolute Gasteiger partial charge is 0.423 e. The van der Waals surface area contributed by atoms with Gasteiger partial charge in [0.15, 0.2) is 0 Å². The van der Waals surface area contributed by atoms with E-state index < -0.39 is 25.0 Å². The van der Waals surface area contributed by atoms with Gasteiger partial charge in [-0.25, -0.2) is 8.78 Å². The highest BCUT2D eigenvalue weighted by molar-refractivity contribution is 5.94. The van der Waals surface area contributed by atoms with E-state index in [9.17, 15) is 13.6 Å². The van der Waals surface area contributed by atoms with Crippen LogP contribution >= 0.6 is 0 Å². The summed E-state index contributed by atoms with van der Waals surface area (Å²) in [6.45, 7) is -2.24. The van der Waals surface area contributed by atoms with Gasteiger partial charge >= 0.3 is 0 Å². The van der Waals surface area contributed by atoms with E-state index in [1.165, 1.54) is 18.5 Å². The van der Waals surface area contributed by atoms with Crippen LogP contribution in [-0.2, 0) is 0 Å². The first-order chi connectivity index (χ1) is 9.52. The third kappa shape index (κ3) is 3.35. The average Bonchev–Trinajstić information content (AvgIpc) is 2.99. The molecule has 0 fully saturated rings. The molecule has 0 bridgehead atoms. The van der Waals surface area contributed by atoms with E-state index in [-0.39, 0.29) is 5.56 Å². The minimum Gasteiger partial charge on any atom is -0.423 e. The van der Waals surface area contributed by atoms with Crippen LogP contribution in [0.25, 0.3) is 11.5 Å². The molecule has 2 rings (SSSR count). The maximum atomic E-state index is 12.8. The van der Waals surface area contributed by atoms with Gasteiger partial charge in [0.1, 0.15) is 6.61 Å². The maximum absolute atomic E-state index is 12.8. The van der Waals surface area contributed by atoms with Crippen LogP contribution in [0.15, 0.2) is 35.1 Å². The van der Waals surface area contributed by atoms with Crippen LogP contribution in [0, 0.1) is 0 Å². The molecule has 1 amide bonds. The van der Waals surface area contributed by atoms with E-state index >= 15 is 0 Å². The van der Waals surface area contributed by atoms with E-state index in [0.717, 1.165) is 0 Å². The van der Waals surface area contributed by atoms with Gasteiger partial charge in [-0.3, -0.25) is 4.79 Å². The molecule has 6 nitrogen and oxygen atoms in total. The second-order valence-corrected chi connectivity index (χ2v) is 4.02. The third-order valence-electron chi connectivity index (χ3n) is 2.49. The number of halogens is 2. The highest BCUT2D eigenvalue weighted by atomic mass is 19.3. The number of nitrogens with one attached hydrogen (secondary N) is 1. The number of aliphatic hydroxyl groups excluding tert-OH is 1. The molecule has 1 heterocycles. The lowest BCUT2D eigenvalue weighted by atomic mass is 10.1. The summed E-state index contributed by atoms with van der Waals surface area (Å²) in [7, 11) is 0. The number of hydrogen-bond donors (Lipinski definition) is 2. The van der Waals surface area contributed by atoms with Crippen molar-refractivity contribution in [2.45, 2.75) is 5.92 Å². The lowest BCUT2D eigenvalue weighted by Crippen LogP contribution is -2.38. The zero-order chi connectivity index (χ0) is 14.6. The Morgan fingerprint density at radius 1 is 1.35 bits per heavy atom. The summed E-state index contributed by atoms with van der Waals surface area (Å²) >= 11 is 0. The SMILES string of the molecule is O=C(NCC(F)(F)CO)c1ccc(-c2nnco2)cc1. The van der Waals surface area contributed by atoms with Crippen LogP contribution in [0.2, 0.25) is 0 Å². The molecule has 0 spiro atoms. The predicted molar refractivity (Wildman–Crippen MR) is 64.1 cm³/mol. The van der Waals surface area contributed by atoms with Gasteiger partial charge < -0.3 is 14.8 Å². The quantitative estimate of drug-likeness (QED) is 0.857. The summed E-state index contributed by atoms with van der Waals surface area (Å²) in [5.74, 6) is -3.70. The number of aromatic nitrogens is 2. The Morgan fingerprint density at radius 3 is 2.60 bits per heavy atom. The van der Waals surface area contributed by atoms with Crippen molar-refractivity contribution in [3.05, 3.63) is 36.2 Å². The molecule has 0 radical (unpaired) electrons. The van der Waals surface area contributed by atoms with Crippen molar-refractivity contribution >= 4 is 5.91 Å². The number of alkyl halides is 2. The molecule has 2 N–H and O–H groups in total. The summed E-state index contributed by atoms with van der Waals surface area (Å²) in [6.07, 6.45) is 1.17. The van der Waals surface area contributed by atoms with Crippen LogP contribution in [0.4, 0.5) is 8.78 Å². The summed E-state index contributed by atoms with van der Waals surface area (Å²) in [4.78, 5) is 11.6. The van der Waals surface area contributed by atoms with Crippen LogP contribution in [0.1, 0.15) is 10.4 Å². The Morgan fingerprint density at radius 2 is 2.05 bits per heavy atom. The third-order valence-corrected chi connectivity index (χ3v) is 2.49. The van der Waals surface area contributed by atoms with Gasteiger partial charge in [-0.2, -0.15) is 0 Å². The number of amides is 1. The lowest BCUT2D eigenvalue weighted by molar-refractivity contribution is -0.0462. The zero-order valence-corrected chi connectivity index (χ0v) is 10.2. The van der Waals surface area contributed by atoms with E-state index in [0.29, 0.717) is 11.5 Å². The highest BCUT2D eigenvalue weighted by Gasteiger charge is 2.28. The summed E-state index contributed by atoms with van der Waals surface area (Å²) in [5.41, 5.74) is 0.821. The van der Waals surface area contributed by atoms with Crippen molar-refractivity contribution in [3.63, 3.8) is 0 Å². The first kappa shape index (κ1) is 14.1. The number of aliphatic hydroxyl groups is 1. The van der Waals surface area contributed by atoms with Crippen LogP contribution < -0.4 is 5.32 Å². The molecular weight excluding hydrogens is 272 g/mol. The molecule has 8 heteroatoms. The second kappa shape index (κ2) is 5.74. The Balaban J connectivity index is 2.01. The van der Waals surface area contributed by atoms with E-state index in [1.54, 1.807) is 12.1 Å². The fourth-order valence-electron chi connectivity index (χ4n) is 1.43. The second-order valence-electron chi connectivity index (χ2n) is 4.02. The topological polar surface area (TPSA) is 88.2 Å². The van der Waals surface area contributed by atoms with Crippen molar-refractivity contribution in [2.75, 3.05) is 13.2 Å². The maximum Gasteiger partial charge on any atom is 0.287 e. The fraction of sp³-hybridized carbons (Fsp3) is 0.250. The van der Waals surface area contributed by atoms with Crippen molar-refractivity contribution in [1.82, 2.24) is 15.5 Å². The van der Waals surface area contributed by atoms with Gasteiger partial charge in [-0.1, -0.05) is 0 Å². The molecule has 20 heavy (non-hydrogen) atoms. The predicted octanol–water partition coefficient (Wildman–Crippen LogP) is 1.09. The number of rotatable bonds is 5. The molecular formula is C12H11F2N3O3. The highest BCUT2D eigenvalue weighted by Crippen LogP contribution is 2.17. The number of carbonyl (C=O) groups excluding carboxylic acids is 1. The molecule has 0 atom stereocenters. The number of nitrogens with zero attached hydrogens (tertiary/aromatic N) is 2. The van der Waals surface area contributed by atoms with Gasteiger partial charge in [0.2, 0.25) is 12.3 Å². The molecule has 106 valence electrons. The van der Waals surface area contributed by atoms with Crippen molar-refractivity contribution < 1.29 is 23.1 Å². The molecule has 0 aliphatic carbocycles. The Hall–Kier alpha value is -2.35. The Labute approximate surface area is 112 Å². The first-order valence-electron chi connectivity index (χ1n) is 5.65. The standard InChI is InChI=1S/C12H11F2N3O3/c13-12(14,6-18)5-15-10(19)8-1-3-9(4-2-8)11-17-16-7-20-11/h1-4,7,18H,5-6H2,(H,15,19). The summed E-state index contributed by atoms with van der Waals surface area (Å²) in [5, 5.41) is 17.7. The van der Waals surface area contributed by atoms with Gasteiger partial charge in [0.05, 0.1) is 6.54 Å². The molecule has 0 saturated carbocycles. The monoisotopic (exact) mass is 283 g/mol. The molecule has 0 aliphatic rings. The molecule has 2 aromatic rings. The number of carbonyl (C=O) groups is 1. The minimum atomic E-state index is -3.33. The van der Waals surface area contributed by atoms with Crippen LogP contribution in [0.3, 0.4) is 0 Å². The van der Waals surface area contributed by atoms with Crippen LogP contribution in [0.5, 0.6) is 0 Å².